The van der Waals surface area contributed by atoms with Crippen LogP contribution in [0.3, 0.4) is 0 Å². The maximum atomic E-state index is 11.9. The molecule has 22 heavy (non-hydrogen) atoms. The van der Waals surface area contributed by atoms with Gasteiger partial charge in [0.25, 0.3) is 0 Å². The topological polar surface area (TPSA) is 78.4 Å². The van der Waals surface area contributed by atoms with Gasteiger partial charge in [-0.05, 0) is 31.0 Å². The number of rotatable bonds is 3. The minimum absolute atomic E-state index is 0.0167. The molecule has 0 heterocycles. The fourth-order valence-electron chi connectivity index (χ4n) is 2.16. The van der Waals surface area contributed by atoms with E-state index >= 15 is 0 Å². The number of benzene rings is 1. The first-order chi connectivity index (χ1) is 10.4. The van der Waals surface area contributed by atoms with E-state index in [0.717, 1.165) is 0 Å². The van der Waals surface area contributed by atoms with E-state index < -0.39 is 11.8 Å². The quantitative estimate of drug-likeness (QED) is 0.582. The molecule has 0 bridgehead atoms. The van der Waals surface area contributed by atoms with Gasteiger partial charge in [-0.2, -0.15) is 0 Å². The number of hydrogen-bond acceptors (Lipinski definition) is 3. The third-order valence-electron chi connectivity index (χ3n) is 3.47. The first kappa shape index (κ1) is 16.8. The second-order valence-electron chi connectivity index (χ2n) is 5.16. The molecule has 1 aromatic carbocycles. The van der Waals surface area contributed by atoms with Gasteiger partial charge >= 0.3 is 11.8 Å². The third-order valence-corrected chi connectivity index (χ3v) is 4.25. The van der Waals surface area contributed by atoms with Gasteiger partial charge in [0.05, 0.1) is 0 Å². The van der Waals surface area contributed by atoms with E-state index in [0.29, 0.717) is 27.7 Å². The molecule has 2 rings (SSSR count). The molecule has 118 valence electrons. The summed E-state index contributed by atoms with van der Waals surface area (Å²) in [5, 5.41) is 14.9. The Morgan fingerprint density at radius 2 is 1.86 bits per heavy atom. The number of carbonyl (C=O) groups excluding carboxylic acids is 2. The lowest BCUT2D eigenvalue weighted by Gasteiger charge is -2.13. The molecule has 0 unspecified atom stereocenters. The highest BCUT2D eigenvalue weighted by atomic mass is 35.5. The van der Waals surface area contributed by atoms with Crippen molar-refractivity contribution in [3.8, 4) is 0 Å². The number of nitrogens with one attached hydrogen (secondary N) is 2. The third kappa shape index (κ3) is 4.00. The zero-order valence-electron chi connectivity index (χ0n) is 11.9. The summed E-state index contributed by atoms with van der Waals surface area (Å²) >= 11 is 12.0. The molecule has 2 atom stereocenters. The van der Waals surface area contributed by atoms with Crippen LogP contribution >= 0.6 is 23.2 Å². The molecule has 0 saturated carbocycles. The van der Waals surface area contributed by atoms with Crippen LogP contribution < -0.4 is 10.6 Å². The van der Waals surface area contributed by atoms with Crippen LogP contribution in [0.1, 0.15) is 12.0 Å². The van der Waals surface area contributed by atoms with Crippen LogP contribution in [0.25, 0.3) is 0 Å². The number of carbonyl (C=O) groups is 2. The van der Waals surface area contributed by atoms with E-state index in [1.807, 2.05) is 6.08 Å². The maximum Gasteiger partial charge on any atom is 0.313 e. The minimum atomic E-state index is -0.795. The smallest absolute Gasteiger partial charge is 0.313 e. The van der Waals surface area contributed by atoms with Crippen molar-refractivity contribution in [2.75, 3.05) is 11.9 Å². The predicted molar refractivity (Wildman–Crippen MR) is 86.1 cm³/mol. The number of hydrogen-bond donors (Lipinski definition) is 3. The molecule has 0 aromatic heterocycles. The number of aliphatic hydroxyl groups is 1. The van der Waals surface area contributed by atoms with Crippen molar-refractivity contribution < 1.29 is 14.7 Å². The lowest BCUT2D eigenvalue weighted by molar-refractivity contribution is -0.136. The highest BCUT2D eigenvalue weighted by Gasteiger charge is 2.23. The molecule has 7 heteroatoms. The van der Waals surface area contributed by atoms with Gasteiger partial charge in [0.1, 0.15) is 0 Å². The van der Waals surface area contributed by atoms with E-state index in [-0.39, 0.29) is 18.6 Å². The Bertz CT molecular complexity index is 608. The highest BCUT2D eigenvalue weighted by Crippen LogP contribution is 2.28. The zero-order chi connectivity index (χ0) is 16.3. The van der Waals surface area contributed by atoms with E-state index in [1.165, 1.54) is 12.1 Å². The van der Waals surface area contributed by atoms with Crippen LogP contribution in [0.5, 0.6) is 0 Å². The summed E-state index contributed by atoms with van der Waals surface area (Å²) in [5.74, 6) is -1.53. The van der Waals surface area contributed by atoms with Crippen LogP contribution in [-0.2, 0) is 9.59 Å². The molecule has 1 aliphatic rings. The Morgan fingerprint density at radius 1 is 1.23 bits per heavy atom. The Labute approximate surface area is 138 Å². The largest absolute Gasteiger partial charge is 0.396 e. The van der Waals surface area contributed by atoms with E-state index in [4.69, 9.17) is 28.3 Å². The van der Waals surface area contributed by atoms with Crippen molar-refractivity contribution in [2.24, 2.45) is 5.92 Å². The molecule has 1 aromatic rings. The summed E-state index contributed by atoms with van der Waals surface area (Å²) in [6.07, 6.45) is 4.17. The summed E-state index contributed by atoms with van der Waals surface area (Å²) < 4.78 is 0. The fourth-order valence-corrected chi connectivity index (χ4v) is 2.64. The second-order valence-corrected chi connectivity index (χ2v) is 5.98. The van der Waals surface area contributed by atoms with Crippen molar-refractivity contribution in [1.82, 2.24) is 5.32 Å². The Hall–Kier alpha value is -1.56. The summed E-state index contributed by atoms with van der Waals surface area (Å²) in [6, 6.07) is 2.82. The number of halogens is 2. The fraction of sp³-hybridized carbons (Fsp3) is 0.333. The molecule has 1 aliphatic carbocycles. The van der Waals surface area contributed by atoms with E-state index in [9.17, 15) is 9.59 Å². The zero-order valence-corrected chi connectivity index (χ0v) is 13.4. The Kier molecular flexibility index (Phi) is 5.45. The average molecular weight is 343 g/mol. The number of anilines is 1. The standard InChI is InChI=1S/C15H16Cl2N2O3/c1-8-12(16)5-11(6-13(8)17)19-15(22)14(21)18-10-3-2-9(4-10)7-20/h2-3,5-6,9-10,20H,4,7H2,1H3,(H,18,21)(H,19,22)/t9-,10+/m0/s1. The summed E-state index contributed by atoms with van der Waals surface area (Å²) in [6.45, 7) is 1.78. The van der Waals surface area contributed by atoms with Gasteiger partial charge < -0.3 is 15.7 Å². The van der Waals surface area contributed by atoms with Crippen molar-refractivity contribution in [3.05, 3.63) is 39.9 Å². The van der Waals surface area contributed by atoms with Crippen LogP contribution in [0.15, 0.2) is 24.3 Å². The summed E-state index contributed by atoms with van der Waals surface area (Å²) in [5.41, 5.74) is 1.06. The highest BCUT2D eigenvalue weighted by molar-refractivity contribution is 6.40. The molecule has 0 aliphatic heterocycles. The molecular formula is C15H16Cl2N2O3. The number of amides is 2. The van der Waals surface area contributed by atoms with Crippen molar-refractivity contribution in [2.45, 2.75) is 19.4 Å². The number of aliphatic hydroxyl groups excluding tert-OH is 1. The van der Waals surface area contributed by atoms with E-state index in [2.05, 4.69) is 10.6 Å². The Morgan fingerprint density at radius 3 is 2.41 bits per heavy atom. The maximum absolute atomic E-state index is 11.9. The second kappa shape index (κ2) is 7.13. The first-order valence-electron chi connectivity index (χ1n) is 6.77. The van der Waals surface area contributed by atoms with Gasteiger partial charge in [-0.15, -0.1) is 0 Å². The molecule has 0 spiro atoms. The van der Waals surface area contributed by atoms with Gasteiger partial charge in [-0.25, -0.2) is 0 Å². The molecule has 0 saturated heterocycles. The molecule has 0 radical (unpaired) electrons. The summed E-state index contributed by atoms with van der Waals surface area (Å²) in [7, 11) is 0. The average Bonchev–Trinajstić information content (AvgIpc) is 2.92. The Balaban J connectivity index is 1.95. The normalized spacial score (nSPS) is 20.0. The molecule has 2 amide bonds. The molecular weight excluding hydrogens is 327 g/mol. The SMILES string of the molecule is Cc1c(Cl)cc(NC(=O)C(=O)N[C@@H]2C=C[C@H](CO)C2)cc1Cl. The van der Waals surface area contributed by atoms with Gasteiger partial charge in [0, 0.05) is 34.3 Å². The lowest BCUT2D eigenvalue weighted by Crippen LogP contribution is -2.40. The van der Waals surface area contributed by atoms with Crippen molar-refractivity contribution in [3.63, 3.8) is 0 Å². The van der Waals surface area contributed by atoms with Crippen LogP contribution in [0.4, 0.5) is 5.69 Å². The molecule has 0 fully saturated rings. The van der Waals surface area contributed by atoms with Crippen LogP contribution in [0, 0.1) is 12.8 Å². The molecule has 3 N–H and O–H groups in total. The van der Waals surface area contributed by atoms with Crippen molar-refractivity contribution >= 4 is 40.7 Å². The minimum Gasteiger partial charge on any atom is -0.396 e. The van der Waals surface area contributed by atoms with Gasteiger partial charge in [-0.1, -0.05) is 35.4 Å². The van der Waals surface area contributed by atoms with E-state index in [1.54, 1.807) is 13.0 Å². The van der Waals surface area contributed by atoms with Crippen LogP contribution in [0.2, 0.25) is 10.0 Å². The first-order valence-corrected chi connectivity index (χ1v) is 7.53. The van der Waals surface area contributed by atoms with Crippen molar-refractivity contribution in [1.29, 1.82) is 0 Å². The monoisotopic (exact) mass is 342 g/mol. The predicted octanol–water partition coefficient (Wildman–Crippen LogP) is 2.29. The van der Waals surface area contributed by atoms with Crippen LogP contribution in [-0.4, -0.2) is 29.6 Å². The molecule has 5 nitrogen and oxygen atoms in total. The summed E-state index contributed by atoms with van der Waals surface area (Å²) in [4.78, 5) is 23.7. The van der Waals surface area contributed by atoms with Gasteiger partial charge in [0.15, 0.2) is 0 Å². The van der Waals surface area contributed by atoms with Gasteiger partial charge in [-0.3, -0.25) is 9.59 Å². The lowest BCUT2D eigenvalue weighted by atomic mass is 10.1. The van der Waals surface area contributed by atoms with Gasteiger partial charge in [0.2, 0.25) is 0 Å².